The summed E-state index contributed by atoms with van der Waals surface area (Å²) >= 11 is 1.42. The molecule has 27 heavy (non-hydrogen) atoms. The van der Waals surface area contributed by atoms with E-state index >= 15 is 0 Å². The predicted octanol–water partition coefficient (Wildman–Crippen LogP) is 2.93. The summed E-state index contributed by atoms with van der Waals surface area (Å²) in [6.45, 7) is 1.87. The summed E-state index contributed by atoms with van der Waals surface area (Å²) in [5.74, 6) is 0.565. The molecule has 0 spiro atoms. The Morgan fingerprint density at radius 1 is 1.19 bits per heavy atom. The molecule has 1 aliphatic rings. The first-order chi connectivity index (χ1) is 13.1. The van der Waals surface area contributed by atoms with E-state index in [9.17, 15) is 9.59 Å². The Bertz CT molecular complexity index is 990. The first-order valence-electron chi connectivity index (χ1n) is 8.67. The van der Waals surface area contributed by atoms with Crippen LogP contribution < -0.4 is 10.6 Å². The maximum Gasteiger partial charge on any atom is 0.261 e. The van der Waals surface area contributed by atoms with Gasteiger partial charge < -0.3 is 15.1 Å². The van der Waals surface area contributed by atoms with Gasteiger partial charge in [-0.1, -0.05) is 12.1 Å². The van der Waals surface area contributed by atoms with Gasteiger partial charge in [0, 0.05) is 23.4 Å². The van der Waals surface area contributed by atoms with Crippen molar-refractivity contribution in [2.75, 3.05) is 0 Å². The van der Waals surface area contributed by atoms with Crippen molar-refractivity contribution in [3.63, 3.8) is 0 Å². The van der Waals surface area contributed by atoms with Crippen LogP contribution in [0, 0.1) is 6.92 Å². The van der Waals surface area contributed by atoms with Crippen molar-refractivity contribution in [1.82, 2.24) is 20.8 Å². The first kappa shape index (κ1) is 17.4. The first-order valence-corrected chi connectivity index (χ1v) is 9.48. The molecule has 1 aromatic carbocycles. The van der Waals surface area contributed by atoms with E-state index in [0.29, 0.717) is 28.3 Å². The monoisotopic (exact) mass is 382 g/mol. The van der Waals surface area contributed by atoms with Gasteiger partial charge in [-0.05, 0) is 42.7 Å². The van der Waals surface area contributed by atoms with E-state index in [0.717, 1.165) is 23.3 Å². The minimum absolute atomic E-state index is 0.0301. The Morgan fingerprint density at radius 3 is 2.78 bits per heavy atom. The van der Waals surface area contributed by atoms with Gasteiger partial charge in [-0.2, -0.15) is 0 Å². The highest BCUT2D eigenvalue weighted by Crippen LogP contribution is 2.29. The third-order valence-corrected chi connectivity index (χ3v) is 5.25. The number of benzene rings is 1. The lowest BCUT2D eigenvalue weighted by Crippen LogP contribution is -2.24. The van der Waals surface area contributed by atoms with Gasteiger partial charge >= 0.3 is 0 Å². The summed E-state index contributed by atoms with van der Waals surface area (Å²) in [6.07, 6.45) is 2.12. The van der Waals surface area contributed by atoms with Crippen molar-refractivity contribution in [2.24, 2.45) is 0 Å². The fourth-order valence-electron chi connectivity index (χ4n) is 2.58. The van der Waals surface area contributed by atoms with E-state index in [1.807, 2.05) is 30.3 Å². The van der Waals surface area contributed by atoms with Gasteiger partial charge in [-0.3, -0.25) is 9.59 Å². The Balaban J connectivity index is 1.44. The van der Waals surface area contributed by atoms with Crippen molar-refractivity contribution in [3.8, 4) is 10.4 Å². The largest absolute Gasteiger partial charge is 0.424 e. The number of hydrogen-bond acceptors (Lipinski definition) is 6. The normalized spacial score (nSPS) is 13.4. The third-order valence-electron chi connectivity index (χ3n) is 4.12. The summed E-state index contributed by atoms with van der Waals surface area (Å²) in [5.41, 5.74) is 1.42. The van der Waals surface area contributed by atoms with Crippen molar-refractivity contribution in [3.05, 3.63) is 58.6 Å². The maximum absolute atomic E-state index is 12.4. The highest BCUT2D eigenvalue weighted by molar-refractivity contribution is 7.17. The molecule has 0 aliphatic heterocycles. The summed E-state index contributed by atoms with van der Waals surface area (Å²) in [5, 5.41) is 13.3. The summed E-state index contributed by atoms with van der Waals surface area (Å²) in [4.78, 5) is 26.2. The standard InChI is InChI=1S/C19H18N4O3S/c1-11-22-23-17(26-11)10-20-18(24)13-4-2-3-12(9-13)15-7-8-16(27-15)19(25)21-14-5-6-14/h2-4,7-9,14H,5-6,10H2,1H3,(H,20,24)(H,21,25). The van der Waals surface area contributed by atoms with Crippen LogP contribution >= 0.6 is 11.3 Å². The molecule has 0 saturated heterocycles. The molecule has 2 aromatic heterocycles. The van der Waals surface area contributed by atoms with Crippen LogP contribution in [0.3, 0.4) is 0 Å². The molecular weight excluding hydrogens is 364 g/mol. The lowest BCUT2D eigenvalue weighted by Gasteiger charge is -2.05. The van der Waals surface area contributed by atoms with E-state index < -0.39 is 0 Å². The SMILES string of the molecule is Cc1nnc(CNC(=O)c2cccc(-c3ccc(C(=O)NC4CC4)s3)c2)o1. The number of carbonyl (C=O) groups is 2. The number of hydrogen-bond donors (Lipinski definition) is 2. The number of rotatable bonds is 6. The van der Waals surface area contributed by atoms with Crippen molar-refractivity contribution >= 4 is 23.2 Å². The van der Waals surface area contributed by atoms with Crippen LogP contribution in [0.2, 0.25) is 0 Å². The quantitative estimate of drug-likeness (QED) is 0.683. The Morgan fingerprint density at radius 2 is 2.04 bits per heavy atom. The second-order valence-corrected chi connectivity index (χ2v) is 7.47. The number of amides is 2. The molecule has 2 amide bonds. The molecule has 1 fully saturated rings. The third kappa shape index (κ3) is 4.22. The second-order valence-electron chi connectivity index (χ2n) is 6.39. The summed E-state index contributed by atoms with van der Waals surface area (Å²) in [7, 11) is 0. The molecule has 3 aromatic rings. The molecule has 2 N–H and O–H groups in total. The molecule has 2 heterocycles. The predicted molar refractivity (Wildman–Crippen MR) is 100 cm³/mol. The van der Waals surface area contributed by atoms with Gasteiger partial charge in [0.05, 0.1) is 11.4 Å². The lowest BCUT2D eigenvalue weighted by molar-refractivity contribution is 0.0942. The Hall–Kier alpha value is -3.00. The minimum Gasteiger partial charge on any atom is -0.424 e. The van der Waals surface area contributed by atoms with E-state index in [1.54, 1.807) is 13.0 Å². The van der Waals surface area contributed by atoms with Gasteiger partial charge in [-0.15, -0.1) is 21.5 Å². The van der Waals surface area contributed by atoms with E-state index in [2.05, 4.69) is 20.8 Å². The number of nitrogens with zero attached hydrogens (tertiary/aromatic N) is 2. The topological polar surface area (TPSA) is 97.1 Å². The Kier molecular flexibility index (Phi) is 4.72. The molecule has 7 nitrogen and oxygen atoms in total. The average molecular weight is 382 g/mol. The van der Waals surface area contributed by atoms with E-state index in [4.69, 9.17) is 4.42 Å². The van der Waals surface area contributed by atoms with Gasteiger partial charge in [0.25, 0.3) is 11.8 Å². The van der Waals surface area contributed by atoms with Gasteiger partial charge in [0.2, 0.25) is 11.8 Å². The summed E-state index contributed by atoms with van der Waals surface area (Å²) < 4.78 is 5.25. The zero-order chi connectivity index (χ0) is 18.8. The molecule has 4 rings (SSSR count). The lowest BCUT2D eigenvalue weighted by atomic mass is 10.1. The average Bonchev–Trinajstić information content (AvgIpc) is 3.18. The van der Waals surface area contributed by atoms with Gasteiger partial charge in [-0.25, -0.2) is 0 Å². The molecule has 0 unspecified atom stereocenters. The van der Waals surface area contributed by atoms with Crippen molar-refractivity contribution in [2.45, 2.75) is 32.4 Å². The van der Waals surface area contributed by atoms with Gasteiger partial charge in [0.15, 0.2) is 0 Å². The van der Waals surface area contributed by atoms with Crippen LogP contribution in [-0.2, 0) is 6.54 Å². The Labute approximate surface area is 159 Å². The summed E-state index contributed by atoms with van der Waals surface area (Å²) in [6, 6.07) is 11.4. The van der Waals surface area contributed by atoms with Crippen LogP contribution in [-0.4, -0.2) is 28.1 Å². The fraction of sp³-hybridized carbons (Fsp3) is 0.263. The number of aryl methyl sites for hydroxylation is 1. The molecule has 8 heteroatoms. The smallest absolute Gasteiger partial charge is 0.261 e. The van der Waals surface area contributed by atoms with E-state index in [1.165, 1.54) is 11.3 Å². The molecular formula is C19H18N4O3S. The van der Waals surface area contributed by atoms with Gasteiger partial charge in [0.1, 0.15) is 0 Å². The zero-order valence-electron chi connectivity index (χ0n) is 14.7. The maximum atomic E-state index is 12.4. The zero-order valence-corrected chi connectivity index (χ0v) is 15.5. The molecule has 0 atom stereocenters. The molecule has 1 aliphatic carbocycles. The number of nitrogens with one attached hydrogen (secondary N) is 2. The molecule has 1 saturated carbocycles. The molecule has 0 radical (unpaired) electrons. The van der Waals surface area contributed by atoms with Crippen LogP contribution in [0.4, 0.5) is 0 Å². The van der Waals surface area contributed by atoms with Crippen LogP contribution in [0.25, 0.3) is 10.4 Å². The van der Waals surface area contributed by atoms with Crippen molar-refractivity contribution in [1.29, 1.82) is 0 Å². The molecule has 138 valence electrons. The number of aromatic nitrogens is 2. The fourth-order valence-corrected chi connectivity index (χ4v) is 3.49. The number of carbonyl (C=O) groups excluding carboxylic acids is 2. The number of thiophene rings is 1. The minimum atomic E-state index is -0.226. The van der Waals surface area contributed by atoms with Crippen LogP contribution in [0.5, 0.6) is 0 Å². The van der Waals surface area contributed by atoms with Crippen LogP contribution in [0.15, 0.2) is 40.8 Å². The van der Waals surface area contributed by atoms with E-state index in [-0.39, 0.29) is 18.4 Å². The molecule has 0 bridgehead atoms. The van der Waals surface area contributed by atoms with Crippen LogP contribution in [0.1, 0.15) is 44.7 Å². The second kappa shape index (κ2) is 7.32. The highest BCUT2D eigenvalue weighted by atomic mass is 32.1. The van der Waals surface area contributed by atoms with Crippen molar-refractivity contribution < 1.29 is 14.0 Å². The highest BCUT2D eigenvalue weighted by Gasteiger charge is 2.24.